The second-order valence-corrected chi connectivity index (χ2v) is 3.98. The lowest BCUT2D eigenvalue weighted by molar-refractivity contribution is -0.141. The van der Waals surface area contributed by atoms with E-state index in [-0.39, 0.29) is 5.91 Å². The quantitative estimate of drug-likeness (QED) is 0.714. The van der Waals surface area contributed by atoms with Crippen molar-refractivity contribution in [1.82, 2.24) is 5.32 Å². The van der Waals surface area contributed by atoms with Crippen LogP contribution in [0.4, 0.5) is 0 Å². The van der Waals surface area contributed by atoms with Crippen molar-refractivity contribution in [3.05, 3.63) is 0 Å². The van der Waals surface area contributed by atoms with Crippen LogP contribution in [0, 0.1) is 5.92 Å². The van der Waals surface area contributed by atoms with E-state index in [1.54, 1.807) is 0 Å². The van der Waals surface area contributed by atoms with Crippen LogP contribution in [0.2, 0.25) is 0 Å². The van der Waals surface area contributed by atoms with E-state index in [4.69, 9.17) is 5.11 Å². The zero-order valence-corrected chi connectivity index (χ0v) is 8.45. The third-order valence-electron chi connectivity index (χ3n) is 2.70. The van der Waals surface area contributed by atoms with Crippen molar-refractivity contribution in [3.8, 4) is 0 Å². The first kappa shape index (κ1) is 11.0. The highest BCUT2D eigenvalue weighted by molar-refractivity contribution is 5.83. The smallest absolute Gasteiger partial charge is 0.325 e. The molecule has 0 spiro atoms. The molecule has 4 heteroatoms. The predicted octanol–water partition coefficient (Wildman–Crippen LogP) is 1.16. The summed E-state index contributed by atoms with van der Waals surface area (Å²) in [7, 11) is 0. The minimum atomic E-state index is -0.982. The van der Waals surface area contributed by atoms with Gasteiger partial charge in [-0.05, 0) is 25.7 Å². The molecule has 0 unspecified atom stereocenters. The van der Waals surface area contributed by atoms with Crippen molar-refractivity contribution in [2.24, 2.45) is 5.92 Å². The van der Waals surface area contributed by atoms with E-state index < -0.39 is 12.0 Å². The maximum absolute atomic E-state index is 11.3. The van der Waals surface area contributed by atoms with Crippen LogP contribution in [-0.4, -0.2) is 23.0 Å². The minimum Gasteiger partial charge on any atom is -0.480 e. The molecule has 0 aromatic carbocycles. The van der Waals surface area contributed by atoms with Gasteiger partial charge in [0.1, 0.15) is 6.04 Å². The summed E-state index contributed by atoms with van der Waals surface area (Å²) in [6, 6.07) is -0.774. The molecule has 2 N–H and O–H groups in total. The lowest BCUT2D eigenvalue weighted by Crippen LogP contribution is -2.38. The first-order valence-electron chi connectivity index (χ1n) is 5.11. The summed E-state index contributed by atoms with van der Waals surface area (Å²) in [5.74, 6) is -0.646. The lowest BCUT2D eigenvalue weighted by atomic mass is 10.0. The summed E-state index contributed by atoms with van der Waals surface area (Å²) in [5, 5.41) is 11.0. The van der Waals surface area contributed by atoms with E-state index in [2.05, 4.69) is 5.32 Å². The normalized spacial score (nSPS) is 19.2. The Morgan fingerprint density at radius 1 is 1.43 bits per heavy atom. The van der Waals surface area contributed by atoms with Crippen molar-refractivity contribution >= 4 is 11.9 Å². The molecule has 1 atom stereocenters. The molecule has 1 aliphatic carbocycles. The van der Waals surface area contributed by atoms with Crippen LogP contribution in [-0.2, 0) is 9.59 Å². The zero-order chi connectivity index (χ0) is 10.6. The number of hydrogen-bond acceptors (Lipinski definition) is 2. The molecular formula is C10H17NO3. The van der Waals surface area contributed by atoms with Gasteiger partial charge in [0.15, 0.2) is 0 Å². The highest BCUT2D eigenvalue weighted by atomic mass is 16.4. The molecule has 80 valence electrons. The SMILES string of the molecule is C[C@@H](NC(=O)CC1CCCC1)C(=O)O. The van der Waals surface area contributed by atoms with Crippen molar-refractivity contribution in [2.45, 2.75) is 45.1 Å². The van der Waals surface area contributed by atoms with Gasteiger partial charge >= 0.3 is 5.97 Å². The van der Waals surface area contributed by atoms with Gasteiger partial charge in [-0.2, -0.15) is 0 Å². The monoisotopic (exact) mass is 199 g/mol. The van der Waals surface area contributed by atoms with Gasteiger partial charge in [-0.15, -0.1) is 0 Å². The van der Waals surface area contributed by atoms with Crippen LogP contribution in [0.25, 0.3) is 0 Å². The van der Waals surface area contributed by atoms with Crippen molar-refractivity contribution in [3.63, 3.8) is 0 Å². The standard InChI is InChI=1S/C10H17NO3/c1-7(10(13)14)11-9(12)6-8-4-2-3-5-8/h7-8H,2-6H2,1H3,(H,11,12)(H,13,14)/t7-/m1/s1. The van der Waals surface area contributed by atoms with Gasteiger partial charge in [0.25, 0.3) is 0 Å². The van der Waals surface area contributed by atoms with E-state index in [9.17, 15) is 9.59 Å². The highest BCUT2D eigenvalue weighted by Gasteiger charge is 2.20. The lowest BCUT2D eigenvalue weighted by Gasteiger charge is -2.12. The number of carboxylic acid groups (broad SMARTS) is 1. The fourth-order valence-electron chi connectivity index (χ4n) is 1.84. The second-order valence-electron chi connectivity index (χ2n) is 3.98. The number of carboxylic acids is 1. The summed E-state index contributed by atoms with van der Waals surface area (Å²) < 4.78 is 0. The van der Waals surface area contributed by atoms with Crippen LogP contribution in [0.3, 0.4) is 0 Å². The summed E-state index contributed by atoms with van der Waals surface area (Å²) in [4.78, 5) is 21.8. The third kappa shape index (κ3) is 3.36. The van der Waals surface area contributed by atoms with Crippen molar-refractivity contribution < 1.29 is 14.7 Å². The van der Waals surface area contributed by atoms with Gasteiger partial charge in [-0.3, -0.25) is 9.59 Å². The summed E-state index contributed by atoms with van der Waals surface area (Å²) in [6.07, 6.45) is 5.10. The Morgan fingerprint density at radius 2 is 2.00 bits per heavy atom. The molecule has 0 aliphatic heterocycles. The average Bonchev–Trinajstić information content (AvgIpc) is 2.56. The molecule has 1 aliphatic rings. The second kappa shape index (κ2) is 4.98. The largest absolute Gasteiger partial charge is 0.480 e. The zero-order valence-electron chi connectivity index (χ0n) is 8.45. The first-order valence-corrected chi connectivity index (χ1v) is 5.11. The van der Waals surface area contributed by atoms with Gasteiger partial charge in [0.2, 0.25) is 5.91 Å². The van der Waals surface area contributed by atoms with Crippen LogP contribution in [0.15, 0.2) is 0 Å². The molecule has 0 radical (unpaired) electrons. The summed E-state index contributed by atoms with van der Waals surface area (Å²) in [6.45, 7) is 1.48. The molecule has 0 aromatic heterocycles. The van der Waals surface area contributed by atoms with Gasteiger partial charge in [0.05, 0.1) is 0 Å². The Labute approximate surface area is 83.7 Å². The Hall–Kier alpha value is -1.06. The summed E-state index contributed by atoms with van der Waals surface area (Å²) in [5.41, 5.74) is 0. The number of rotatable bonds is 4. The van der Waals surface area contributed by atoms with E-state index in [1.807, 2.05) is 0 Å². The van der Waals surface area contributed by atoms with Crippen LogP contribution in [0.1, 0.15) is 39.0 Å². The number of amides is 1. The van der Waals surface area contributed by atoms with Crippen molar-refractivity contribution in [1.29, 1.82) is 0 Å². The molecule has 1 amide bonds. The van der Waals surface area contributed by atoms with E-state index in [0.29, 0.717) is 12.3 Å². The van der Waals surface area contributed by atoms with Crippen molar-refractivity contribution in [2.75, 3.05) is 0 Å². The summed E-state index contributed by atoms with van der Waals surface area (Å²) >= 11 is 0. The molecule has 4 nitrogen and oxygen atoms in total. The Balaban J connectivity index is 2.24. The minimum absolute atomic E-state index is 0.133. The molecule has 1 rings (SSSR count). The maximum atomic E-state index is 11.3. The molecular weight excluding hydrogens is 182 g/mol. The van der Waals surface area contributed by atoms with Gasteiger partial charge in [0, 0.05) is 6.42 Å². The topological polar surface area (TPSA) is 66.4 Å². The fourth-order valence-corrected chi connectivity index (χ4v) is 1.84. The molecule has 14 heavy (non-hydrogen) atoms. The van der Waals surface area contributed by atoms with Gasteiger partial charge in [-0.25, -0.2) is 0 Å². The average molecular weight is 199 g/mol. The number of hydrogen-bond donors (Lipinski definition) is 2. The molecule has 0 aromatic rings. The van der Waals surface area contributed by atoms with Gasteiger partial charge in [-0.1, -0.05) is 12.8 Å². The molecule has 0 saturated heterocycles. The number of aliphatic carboxylic acids is 1. The van der Waals surface area contributed by atoms with E-state index in [1.165, 1.54) is 19.8 Å². The van der Waals surface area contributed by atoms with Crippen LogP contribution >= 0.6 is 0 Å². The maximum Gasteiger partial charge on any atom is 0.325 e. The molecule has 0 heterocycles. The fraction of sp³-hybridized carbons (Fsp3) is 0.800. The molecule has 0 bridgehead atoms. The molecule has 1 fully saturated rings. The van der Waals surface area contributed by atoms with E-state index >= 15 is 0 Å². The first-order chi connectivity index (χ1) is 6.59. The third-order valence-corrected chi connectivity index (χ3v) is 2.70. The van der Waals surface area contributed by atoms with E-state index in [0.717, 1.165) is 12.8 Å². The number of nitrogens with one attached hydrogen (secondary N) is 1. The highest BCUT2D eigenvalue weighted by Crippen LogP contribution is 2.27. The van der Waals surface area contributed by atoms with Crippen LogP contribution in [0.5, 0.6) is 0 Å². The number of carbonyl (C=O) groups excluding carboxylic acids is 1. The van der Waals surface area contributed by atoms with Gasteiger partial charge < -0.3 is 10.4 Å². The predicted molar refractivity (Wildman–Crippen MR) is 51.8 cm³/mol. The van der Waals surface area contributed by atoms with Crippen LogP contribution < -0.4 is 5.32 Å². The Bertz CT molecular complexity index is 221. The molecule has 1 saturated carbocycles. The number of carbonyl (C=O) groups is 2. The Morgan fingerprint density at radius 3 is 2.50 bits per heavy atom. The Kier molecular flexibility index (Phi) is 3.92.